The van der Waals surface area contributed by atoms with Crippen LogP contribution in [0, 0.1) is 0 Å². The predicted octanol–water partition coefficient (Wildman–Crippen LogP) is 3.97. The molecule has 1 aromatic heterocycles. The minimum Gasteiger partial charge on any atom is -0.483 e. The molecule has 3 aromatic rings. The normalized spacial score (nSPS) is 20.2. The van der Waals surface area contributed by atoms with Gasteiger partial charge < -0.3 is 14.5 Å². The van der Waals surface area contributed by atoms with Crippen molar-refractivity contribution in [2.24, 2.45) is 0 Å². The second-order valence-corrected chi connectivity index (χ2v) is 8.57. The Balaban J connectivity index is 1.67. The van der Waals surface area contributed by atoms with Gasteiger partial charge in [-0.2, -0.15) is 0 Å². The molecule has 0 amide bonds. The van der Waals surface area contributed by atoms with Crippen molar-refractivity contribution in [2.45, 2.75) is 23.6 Å². The molecular formula is C19H18ClFN2O4S. The smallest absolute Gasteiger partial charge is 0.263 e. The van der Waals surface area contributed by atoms with Crippen LogP contribution in [-0.2, 0) is 10.0 Å². The van der Waals surface area contributed by atoms with E-state index in [0.717, 1.165) is 0 Å². The van der Waals surface area contributed by atoms with Crippen LogP contribution in [-0.4, -0.2) is 33.8 Å². The maximum Gasteiger partial charge on any atom is 0.263 e. The van der Waals surface area contributed by atoms with Gasteiger partial charge in [-0.05, 0) is 37.2 Å². The number of piperidine rings is 1. The molecule has 0 spiro atoms. The number of furan rings is 1. The van der Waals surface area contributed by atoms with Gasteiger partial charge in [-0.1, -0.05) is 23.7 Å². The van der Waals surface area contributed by atoms with Gasteiger partial charge in [-0.15, -0.1) is 0 Å². The van der Waals surface area contributed by atoms with Crippen molar-refractivity contribution in [3.05, 3.63) is 53.8 Å². The Morgan fingerprint density at radius 3 is 2.86 bits per heavy atom. The highest BCUT2D eigenvalue weighted by Crippen LogP contribution is 2.34. The summed E-state index contributed by atoms with van der Waals surface area (Å²) in [6, 6.07) is 11.0. The van der Waals surface area contributed by atoms with Gasteiger partial charge in [-0.25, -0.2) is 12.8 Å². The minimum atomic E-state index is -3.91. The number of benzene rings is 2. The predicted molar refractivity (Wildman–Crippen MR) is 105 cm³/mol. The largest absolute Gasteiger partial charge is 0.483 e. The van der Waals surface area contributed by atoms with Gasteiger partial charge in [0.1, 0.15) is 17.2 Å². The molecule has 1 fully saturated rings. The summed E-state index contributed by atoms with van der Waals surface area (Å²) in [5.74, 6) is 0.286. The third kappa shape index (κ3) is 3.80. The first-order valence-corrected chi connectivity index (χ1v) is 10.6. The molecule has 0 unspecified atom stereocenters. The van der Waals surface area contributed by atoms with Crippen molar-refractivity contribution in [3.8, 4) is 5.75 Å². The molecule has 1 aliphatic rings. The minimum absolute atomic E-state index is 0.0337. The third-order valence-electron chi connectivity index (χ3n) is 4.52. The first-order chi connectivity index (χ1) is 13.4. The van der Waals surface area contributed by atoms with Crippen LogP contribution in [0.1, 0.15) is 6.42 Å². The topological polar surface area (TPSA) is 80.6 Å². The van der Waals surface area contributed by atoms with Gasteiger partial charge in [0.2, 0.25) is 0 Å². The van der Waals surface area contributed by atoms with E-state index in [1.807, 2.05) is 0 Å². The van der Waals surface area contributed by atoms with Gasteiger partial charge in [-0.3, -0.25) is 4.72 Å². The Hall–Kier alpha value is -2.29. The van der Waals surface area contributed by atoms with E-state index < -0.39 is 22.3 Å². The van der Waals surface area contributed by atoms with Crippen LogP contribution in [0.4, 0.5) is 10.1 Å². The van der Waals surface area contributed by atoms with Gasteiger partial charge in [0, 0.05) is 18.0 Å². The molecule has 4 rings (SSSR count). The highest BCUT2D eigenvalue weighted by atomic mass is 35.5. The number of halogens is 2. The average molecular weight is 425 g/mol. The molecule has 1 aliphatic heterocycles. The van der Waals surface area contributed by atoms with Crippen LogP contribution in [0.25, 0.3) is 11.0 Å². The van der Waals surface area contributed by atoms with Crippen molar-refractivity contribution < 1.29 is 22.0 Å². The molecule has 148 valence electrons. The van der Waals surface area contributed by atoms with Crippen LogP contribution in [0.5, 0.6) is 5.75 Å². The molecule has 0 radical (unpaired) electrons. The fourth-order valence-corrected chi connectivity index (χ4v) is 4.72. The molecule has 0 aliphatic carbocycles. The Labute approximate surface area is 166 Å². The average Bonchev–Trinajstić information content (AvgIpc) is 3.12. The van der Waals surface area contributed by atoms with Crippen molar-refractivity contribution >= 4 is 38.3 Å². The number of ether oxygens (including phenoxy) is 1. The van der Waals surface area contributed by atoms with Crippen LogP contribution in [0.2, 0.25) is 5.02 Å². The van der Waals surface area contributed by atoms with Gasteiger partial charge in [0.05, 0.1) is 17.0 Å². The van der Waals surface area contributed by atoms with Gasteiger partial charge >= 0.3 is 0 Å². The number of rotatable bonds is 5. The van der Waals surface area contributed by atoms with Gasteiger partial charge in [0.25, 0.3) is 10.0 Å². The zero-order chi connectivity index (χ0) is 19.7. The Kier molecular flexibility index (Phi) is 5.18. The van der Waals surface area contributed by atoms with Crippen LogP contribution in [0.3, 0.4) is 0 Å². The van der Waals surface area contributed by atoms with Crippen molar-refractivity contribution in [1.82, 2.24) is 5.32 Å². The summed E-state index contributed by atoms with van der Waals surface area (Å²) >= 11 is 6.02. The van der Waals surface area contributed by atoms with Crippen molar-refractivity contribution in [3.63, 3.8) is 0 Å². The first kappa shape index (κ1) is 19.0. The molecule has 2 aromatic carbocycles. The molecule has 0 bridgehead atoms. The zero-order valence-electron chi connectivity index (χ0n) is 14.7. The third-order valence-corrected chi connectivity index (χ3v) is 6.40. The van der Waals surface area contributed by atoms with Crippen LogP contribution < -0.4 is 14.8 Å². The lowest BCUT2D eigenvalue weighted by molar-refractivity contribution is 0.0736. The molecule has 6 nitrogen and oxygen atoms in total. The highest BCUT2D eigenvalue weighted by molar-refractivity contribution is 7.92. The fraction of sp³-hybridized carbons (Fsp3) is 0.263. The van der Waals surface area contributed by atoms with Crippen LogP contribution >= 0.6 is 11.6 Å². The van der Waals surface area contributed by atoms with E-state index >= 15 is 0 Å². The fourth-order valence-electron chi connectivity index (χ4n) is 3.16. The maximum absolute atomic E-state index is 14.2. The summed E-state index contributed by atoms with van der Waals surface area (Å²) < 4.78 is 53.4. The number of hydrogen-bond acceptors (Lipinski definition) is 5. The Morgan fingerprint density at radius 2 is 2.07 bits per heavy atom. The molecule has 2 N–H and O–H groups in total. The number of sulfonamides is 1. The van der Waals surface area contributed by atoms with Gasteiger partial charge in [0.15, 0.2) is 11.3 Å². The summed E-state index contributed by atoms with van der Waals surface area (Å²) in [4.78, 5) is -0.0337. The molecule has 2 heterocycles. The number of anilines is 1. The zero-order valence-corrected chi connectivity index (χ0v) is 16.3. The van der Waals surface area contributed by atoms with E-state index in [4.69, 9.17) is 20.8 Å². The van der Waals surface area contributed by atoms with E-state index in [0.29, 0.717) is 23.9 Å². The lowest BCUT2D eigenvalue weighted by atomic mass is 10.1. The molecule has 2 atom stereocenters. The van der Waals surface area contributed by atoms with Crippen LogP contribution in [0.15, 0.2) is 58.0 Å². The van der Waals surface area contributed by atoms with Crippen molar-refractivity contribution in [2.75, 3.05) is 17.8 Å². The number of nitrogens with one attached hydrogen (secondary N) is 2. The molecule has 1 saturated heterocycles. The Morgan fingerprint density at radius 1 is 1.25 bits per heavy atom. The molecule has 28 heavy (non-hydrogen) atoms. The highest BCUT2D eigenvalue weighted by Gasteiger charge is 2.28. The summed E-state index contributed by atoms with van der Waals surface area (Å²) in [5.41, 5.74) is 0.708. The monoisotopic (exact) mass is 424 g/mol. The molecule has 9 heteroatoms. The second-order valence-electron chi connectivity index (χ2n) is 6.51. The Bertz CT molecular complexity index is 1100. The quantitative estimate of drug-likeness (QED) is 0.647. The SMILES string of the molecule is O=S(=O)(Nc1cc(O[C@H]2CCNC[C@@H]2F)c2occc2c1)c1ccccc1Cl. The molecular weight excluding hydrogens is 407 g/mol. The van der Waals surface area contributed by atoms with E-state index in [1.54, 1.807) is 24.3 Å². The first-order valence-electron chi connectivity index (χ1n) is 8.74. The standard InChI is InChI=1S/C19H18ClFN2O4S/c20-14-3-1-2-4-18(14)28(24,25)23-13-9-12-6-8-26-19(12)17(10-13)27-16-5-7-22-11-15(16)21/h1-4,6,8-10,15-16,22-23H,5,7,11H2/t15-,16-/m0/s1. The van der Waals surface area contributed by atoms with E-state index in [9.17, 15) is 12.8 Å². The second kappa shape index (κ2) is 7.62. The number of hydrogen-bond donors (Lipinski definition) is 2. The van der Waals surface area contributed by atoms with Crippen molar-refractivity contribution in [1.29, 1.82) is 0 Å². The summed E-state index contributed by atoms with van der Waals surface area (Å²) in [5, 5.41) is 3.72. The van der Waals surface area contributed by atoms with E-state index in [-0.39, 0.29) is 27.9 Å². The summed E-state index contributed by atoms with van der Waals surface area (Å²) in [7, 11) is -3.91. The maximum atomic E-state index is 14.2. The summed E-state index contributed by atoms with van der Waals surface area (Å²) in [6.07, 6.45) is 0.172. The summed E-state index contributed by atoms with van der Waals surface area (Å²) in [6.45, 7) is 0.857. The van der Waals surface area contributed by atoms with E-state index in [2.05, 4.69) is 10.0 Å². The lowest BCUT2D eigenvalue weighted by Crippen LogP contribution is -2.44. The number of alkyl halides is 1. The number of fused-ring (bicyclic) bond motifs is 1. The molecule has 0 saturated carbocycles. The van der Waals surface area contributed by atoms with E-state index in [1.165, 1.54) is 24.5 Å². The lowest BCUT2D eigenvalue weighted by Gasteiger charge is -2.27.